The van der Waals surface area contributed by atoms with Gasteiger partial charge in [-0.25, -0.2) is 0 Å². The number of nitrogens with two attached hydrogens (primary N) is 1. The number of aromatic hydroxyl groups is 1. The van der Waals surface area contributed by atoms with Crippen molar-refractivity contribution < 1.29 is 19.9 Å². The van der Waals surface area contributed by atoms with Crippen molar-refractivity contribution >= 4 is 5.70 Å². The molecular weight excluding hydrogens is 400 g/mol. The van der Waals surface area contributed by atoms with Crippen LogP contribution in [-0.2, 0) is 6.42 Å². The highest BCUT2D eigenvalue weighted by Gasteiger charge is 2.30. The van der Waals surface area contributed by atoms with Gasteiger partial charge in [-0.05, 0) is 48.7 Å². The Kier molecular flexibility index (Phi) is 6.66. The first-order chi connectivity index (χ1) is 15.6. The number of methoxy groups -OCH3 is 1. The summed E-state index contributed by atoms with van der Waals surface area (Å²) in [6, 6.07) is 22.3. The standard InChI is InChI=1S/C27H30N2O3/c1-4-18-12-14-19(15-13-18)23-17-24(22-10-7-11-25(26(22)30)32-5-2)29-27(28-23)20-8-6-9-21(16-20)31-3/h6-17,24,27-30H,4-5H2,1-3H3/p+1. The van der Waals surface area contributed by atoms with Crippen LogP contribution in [0.1, 0.15) is 48.3 Å². The number of quaternary nitrogens is 1. The Morgan fingerprint density at radius 3 is 2.50 bits per heavy atom. The molecule has 4 rings (SSSR count). The van der Waals surface area contributed by atoms with E-state index in [0.717, 1.165) is 34.6 Å². The first kappa shape index (κ1) is 21.8. The third-order valence-electron chi connectivity index (χ3n) is 5.87. The van der Waals surface area contributed by atoms with Crippen molar-refractivity contribution in [1.82, 2.24) is 5.32 Å². The van der Waals surface area contributed by atoms with Gasteiger partial charge in [-0.1, -0.05) is 49.4 Å². The van der Waals surface area contributed by atoms with E-state index in [2.05, 4.69) is 54.0 Å². The van der Waals surface area contributed by atoms with E-state index in [-0.39, 0.29) is 18.0 Å². The van der Waals surface area contributed by atoms with Crippen LogP contribution in [0.25, 0.3) is 5.70 Å². The summed E-state index contributed by atoms with van der Waals surface area (Å²) in [5.41, 5.74) is 5.39. The molecule has 5 heteroatoms. The van der Waals surface area contributed by atoms with Gasteiger partial charge in [-0.15, -0.1) is 0 Å². The summed E-state index contributed by atoms with van der Waals surface area (Å²) >= 11 is 0. The summed E-state index contributed by atoms with van der Waals surface area (Å²) in [4.78, 5) is 0. The van der Waals surface area contributed by atoms with Crippen LogP contribution in [0, 0.1) is 0 Å². The molecule has 1 aliphatic heterocycles. The van der Waals surface area contributed by atoms with E-state index in [9.17, 15) is 5.11 Å². The summed E-state index contributed by atoms with van der Waals surface area (Å²) in [7, 11) is 1.68. The van der Waals surface area contributed by atoms with Gasteiger partial charge in [0, 0.05) is 17.3 Å². The molecule has 0 saturated heterocycles. The normalized spacial score (nSPS) is 17.9. The molecule has 0 saturated carbocycles. The van der Waals surface area contributed by atoms with Crippen molar-refractivity contribution in [3.63, 3.8) is 0 Å². The van der Waals surface area contributed by atoms with Crippen molar-refractivity contribution in [1.29, 1.82) is 0 Å². The zero-order valence-corrected chi connectivity index (χ0v) is 18.8. The summed E-state index contributed by atoms with van der Waals surface area (Å²) in [5.74, 6) is 1.52. The minimum Gasteiger partial charge on any atom is -0.504 e. The molecule has 32 heavy (non-hydrogen) atoms. The van der Waals surface area contributed by atoms with Crippen LogP contribution >= 0.6 is 0 Å². The van der Waals surface area contributed by atoms with Crippen LogP contribution in [0.4, 0.5) is 0 Å². The largest absolute Gasteiger partial charge is 0.504 e. The SMILES string of the molecule is CCOc1cccc(C2C=C(c3ccc(CC)cc3)NC(c3cccc(OC)c3)[NH2+]2)c1O. The van der Waals surface area contributed by atoms with Crippen LogP contribution < -0.4 is 20.1 Å². The molecule has 0 spiro atoms. The molecule has 2 atom stereocenters. The van der Waals surface area contributed by atoms with E-state index in [0.29, 0.717) is 12.4 Å². The van der Waals surface area contributed by atoms with Gasteiger partial charge in [0.05, 0.1) is 19.3 Å². The molecule has 0 aliphatic carbocycles. The quantitative estimate of drug-likeness (QED) is 0.522. The molecule has 0 radical (unpaired) electrons. The number of phenolic OH excluding ortho intramolecular Hbond substituents is 1. The molecule has 2 unspecified atom stereocenters. The zero-order chi connectivity index (χ0) is 22.5. The van der Waals surface area contributed by atoms with Gasteiger partial charge in [0.15, 0.2) is 17.7 Å². The maximum absolute atomic E-state index is 10.9. The number of benzene rings is 3. The molecule has 5 nitrogen and oxygen atoms in total. The maximum Gasteiger partial charge on any atom is 0.186 e. The van der Waals surface area contributed by atoms with Gasteiger partial charge in [-0.3, -0.25) is 0 Å². The first-order valence-electron chi connectivity index (χ1n) is 11.1. The monoisotopic (exact) mass is 431 g/mol. The fourth-order valence-electron chi connectivity index (χ4n) is 4.11. The lowest BCUT2D eigenvalue weighted by atomic mass is 9.97. The van der Waals surface area contributed by atoms with Crippen molar-refractivity contribution in [3.8, 4) is 17.2 Å². The lowest BCUT2D eigenvalue weighted by Gasteiger charge is -2.30. The Labute approximate surface area is 189 Å². The van der Waals surface area contributed by atoms with Crippen molar-refractivity contribution in [3.05, 3.63) is 95.1 Å². The number of rotatable bonds is 7. The molecule has 0 aromatic heterocycles. The Hall–Kier alpha value is -3.44. The summed E-state index contributed by atoms with van der Waals surface area (Å²) in [6.07, 6.45) is 3.13. The number of hydrogen-bond donors (Lipinski definition) is 3. The highest BCUT2D eigenvalue weighted by atomic mass is 16.5. The molecule has 0 fully saturated rings. The van der Waals surface area contributed by atoms with Gasteiger partial charge in [-0.2, -0.15) is 0 Å². The van der Waals surface area contributed by atoms with Crippen molar-refractivity contribution in [2.24, 2.45) is 0 Å². The van der Waals surface area contributed by atoms with Gasteiger partial charge < -0.3 is 25.2 Å². The predicted octanol–water partition coefficient (Wildman–Crippen LogP) is 4.31. The molecular formula is C27H31N2O3+. The average Bonchev–Trinajstić information content (AvgIpc) is 2.85. The summed E-state index contributed by atoms with van der Waals surface area (Å²) in [6.45, 7) is 4.58. The fraction of sp³-hybridized carbons (Fsp3) is 0.259. The number of hydrogen-bond acceptors (Lipinski definition) is 4. The summed E-state index contributed by atoms with van der Waals surface area (Å²) < 4.78 is 11.1. The second-order valence-corrected chi connectivity index (χ2v) is 7.87. The van der Waals surface area contributed by atoms with Crippen LogP contribution in [0.2, 0.25) is 0 Å². The van der Waals surface area contributed by atoms with E-state index >= 15 is 0 Å². The highest BCUT2D eigenvalue weighted by molar-refractivity contribution is 5.66. The van der Waals surface area contributed by atoms with Crippen LogP contribution in [0.3, 0.4) is 0 Å². The van der Waals surface area contributed by atoms with E-state index in [1.807, 2.05) is 37.3 Å². The third-order valence-corrected chi connectivity index (χ3v) is 5.87. The van der Waals surface area contributed by atoms with Gasteiger partial charge in [0.25, 0.3) is 0 Å². The Balaban J connectivity index is 1.75. The van der Waals surface area contributed by atoms with Gasteiger partial charge >= 0.3 is 0 Å². The number of aryl methyl sites for hydroxylation is 1. The predicted molar refractivity (Wildman–Crippen MR) is 127 cm³/mol. The lowest BCUT2D eigenvalue weighted by Crippen LogP contribution is -2.89. The molecule has 1 aliphatic rings. The van der Waals surface area contributed by atoms with Crippen molar-refractivity contribution in [2.75, 3.05) is 13.7 Å². The molecule has 166 valence electrons. The van der Waals surface area contributed by atoms with E-state index in [1.165, 1.54) is 5.56 Å². The summed E-state index contributed by atoms with van der Waals surface area (Å²) in [5, 5.41) is 16.8. The fourth-order valence-corrected chi connectivity index (χ4v) is 4.11. The van der Waals surface area contributed by atoms with Crippen LogP contribution in [-0.4, -0.2) is 18.8 Å². The van der Waals surface area contributed by atoms with Crippen LogP contribution in [0.15, 0.2) is 72.8 Å². The molecule has 4 N–H and O–H groups in total. The van der Waals surface area contributed by atoms with Gasteiger partial charge in [0.2, 0.25) is 0 Å². The molecule has 0 bridgehead atoms. The molecule has 3 aromatic rings. The van der Waals surface area contributed by atoms with Gasteiger partial charge in [0.1, 0.15) is 11.8 Å². The maximum atomic E-state index is 10.9. The second kappa shape index (κ2) is 9.79. The van der Waals surface area contributed by atoms with E-state index in [4.69, 9.17) is 9.47 Å². The highest BCUT2D eigenvalue weighted by Crippen LogP contribution is 2.35. The Bertz CT molecular complexity index is 1090. The van der Waals surface area contributed by atoms with E-state index in [1.54, 1.807) is 13.2 Å². The zero-order valence-electron chi connectivity index (χ0n) is 18.8. The molecule has 3 aromatic carbocycles. The molecule has 1 heterocycles. The lowest BCUT2D eigenvalue weighted by molar-refractivity contribution is -0.731. The first-order valence-corrected chi connectivity index (χ1v) is 11.1. The smallest absolute Gasteiger partial charge is 0.186 e. The Morgan fingerprint density at radius 1 is 1.00 bits per heavy atom. The number of phenols is 1. The van der Waals surface area contributed by atoms with Crippen molar-refractivity contribution in [2.45, 2.75) is 32.5 Å². The average molecular weight is 432 g/mol. The Morgan fingerprint density at radius 2 is 1.78 bits per heavy atom. The second-order valence-electron chi connectivity index (χ2n) is 7.87. The topological polar surface area (TPSA) is 67.3 Å². The third kappa shape index (κ3) is 4.58. The van der Waals surface area contributed by atoms with Crippen LogP contribution in [0.5, 0.6) is 17.2 Å². The van der Waals surface area contributed by atoms with E-state index < -0.39 is 0 Å². The number of nitrogens with one attached hydrogen (secondary N) is 1. The minimum atomic E-state index is -0.0892. The molecule has 0 amide bonds. The minimum absolute atomic E-state index is 0.0453. The number of ether oxygens (including phenoxy) is 2. The number of para-hydroxylation sites is 1.